The predicted molar refractivity (Wildman–Crippen MR) is 290 cm³/mol. The van der Waals surface area contributed by atoms with E-state index < -0.39 is 0 Å². The van der Waals surface area contributed by atoms with Crippen LogP contribution in [0.3, 0.4) is 0 Å². The highest BCUT2D eigenvalue weighted by Gasteiger charge is 2.34. The number of aromatic nitrogens is 2. The summed E-state index contributed by atoms with van der Waals surface area (Å²) >= 11 is 0. The molecule has 330 valence electrons. The minimum Gasteiger partial charge on any atom is -0.309 e. The van der Waals surface area contributed by atoms with Crippen molar-refractivity contribution < 1.29 is 0 Å². The third kappa shape index (κ3) is 6.81. The quantitative estimate of drug-likeness (QED) is 0.153. The monoisotopic (exact) mass is 886 g/mol. The molecule has 0 N–H and O–H groups in total. The first kappa shape index (κ1) is 40.9. The number of hydrogen-bond acceptors (Lipinski definition) is 2. The van der Waals surface area contributed by atoms with Crippen LogP contribution < -0.4 is 0 Å². The van der Waals surface area contributed by atoms with Crippen LogP contribution in [-0.2, 0) is 0 Å². The summed E-state index contributed by atoms with van der Waals surface area (Å²) in [4.78, 5) is 11.0. The lowest BCUT2D eigenvalue weighted by molar-refractivity contribution is 0.580. The molecule has 0 amide bonds. The maximum Gasteiger partial charge on any atom is 0.118 e. The number of nitrogens with zero attached hydrogens (tertiary/aromatic N) is 4. The number of para-hydroxylation sites is 2. The minimum absolute atomic E-state index is 0.118. The zero-order valence-corrected chi connectivity index (χ0v) is 38.7. The fourth-order valence-electron chi connectivity index (χ4n) is 11.7. The summed E-state index contributed by atoms with van der Waals surface area (Å²) in [6.07, 6.45) is 3.35. The predicted octanol–water partition coefficient (Wildman–Crippen LogP) is 16.7. The second kappa shape index (κ2) is 16.8. The van der Waals surface area contributed by atoms with Gasteiger partial charge in [0.15, 0.2) is 0 Å². The van der Waals surface area contributed by atoms with Crippen molar-refractivity contribution in [1.82, 2.24) is 9.13 Å². The molecule has 2 aliphatic heterocycles. The lowest BCUT2D eigenvalue weighted by Crippen LogP contribution is -2.29. The highest BCUT2D eigenvalue weighted by atomic mass is 15.1. The molecule has 0 saturated heterocycles. The summed E-state index contributed by atoms with van der Waals surface area (Å²) in [7, 11) is 0. The molecular weight excluding hydrogens is 837 g/mol. The molecule has 69 heavy (non-hydrogen) atoms. The van der Waals surface area contributed by atoms with Crippen molar-refractivity contribution in [3.8, 4) is 16.8 Å². The Hall–Kier alpha value is -8.34. The molecule has 0 saturated carbocycles. The van der Waals surface area contributed by atoms with Crippen LogP contribution in [0.5, 0.6) is 0 Å². The van der Waals surface area contributed by atoms with Crippen molar-refractivity contribution in [2.45, 2.75) is 38.0 Å². The molecule has 4 atom stereocenters. The smallest absolute Gasteiger partial charge is 0.118 e. The Bertz CT molecular complexity index is 3840. The second-order valence-corrected chi connectivity index (χ2v) is 18.8. The van der Waals surface area contributed by atoms with Gasteiger partial charge in [-0.2, -0.15) is 0 Å². The average molecular weight is 887 g/mol. The Balaban J connectivity index is 0.954. The Morgan fingerprint density at radius 2 is 1.00 bits per heavy atom. The topological polar surface area (TPSA) is 34.6 Å². The first-order valence-electron chi connectivity index (χ1n) is 24.4. The second-order valence-electron chi connectivity index (χ2n) is 18.8. The van der Waals surface area contributed by atoms with Gasteiger partial charge in [-0.05, 0) is 106 Å². The van der Waals surface area contributed by atoms with Crippen molar-refractivity contribution >= 4 is 66.5 Å². The van der Waals surface area contributed by atoms with Crippen LogP contribution in [0.25, 0.3) is 66.1 Å². The van der Waals surface area contributed by atoms with Crippen LogP contribution >= 0.6 is 0 Å². The van der Waals surface area contributed by atoms with Gasteiger partial charge in [0.05, 0.1) is 39.2 Å². The fraction of sp³-hybridized carbons (Fsp3) is 0.108. The van der Waals surface area contributed by atoms with E-state index in [1.54, 1.807) is 0 Å². The standard InChI is InChI=1S/C65H50N4/c1-3-50-55(43-20-8-4-9-21-43)41-58(44-22-10-5-11-23-44)67-65(50)69-60-31-19-17-29-52(60)56-38-47(33-37-61(56)69)48-32-35-53-51-28-16-18-30-59(51)68(62(53)39-48)49-34-36-57-54(40-49)42(2)63(45-24-12-6-13-25-45)64(66-57)46-26-14-7-15-27-46/h4-42,50,55,63H,3H2,1-2H3. The number of allylic oxidation sites excluding steroid dienone is 1. The minimum atomic E-state index is 0.118. The van der Waals surface area contributed by atoms with E-state index >= 15 is 0 Å². The van der Waals surface area contributed by atoms with Crippen LogP contribution in [0.4, 0.5) is 5.69 Å². The van der Waals surface area contributed by atoms with Crippen molar-refractivity contribution in [1.29, 1.82) is 0 Å². The molecule has 0 fully saturated rings. The Labute approximate surface area is 402 Å². The third-order valence-corrected chi connectivity index (χ3v) is 15.0. The maximum absolute atomic E-state index is 5.60. The highest BCUT2D eigenvalue weighted by molar-refractivity contribution is 6.17. The van der Waals surface area contributed by atoms with E-state index in [-0.39, 0.29) is 23.7 Å². The van der Waals surface area contributed by atoms with Crippen LogP contribution in [0.2, 0.25) is 0 Å². The van der Waals surface area contributed by atoms with E-state index in [0.717, 1.165) is 40.6 Å². The zero-order chi connectivity index (χ0) is 46.0. The molecule has 4 nitrogen and oxygen atoms in total. The van der Waals surface area contributed by atoms with Gasteiger partial charge in [0.1, 0.15) is 5.84 Å². The summed E-state index contributed by atoms with van der Waals surface area (Å²) in [6, 6.07) is 81.9. The molecule has 0 radical (unpaired) electrons. The molecule has 2 aliphatic rings. The van der Waals surface area contributed by atoms with E-state index in [2.05, 4.69) is 254 Å². The molecule has 0 aliphatic carbocycles. The molecular formula is C65H50N4. The van der Waals surface area contributed by atoms with Gasteiger partial charge in [-0.15, -0.1) is 0 Å². The third-order valence-electron chi connectivity index (χ3n) is 15.0. The molecule has 11 aromatic rings. The summed E-state index contributed by atoms with van der Waals surface area (Å²) in [6.45, 7) is 4.68. The first-order chi connectivity index (χ1) is 34.1. The van der Waals surface area contributed by atoms with Crippen molar-refractivity contribution in [2.75, 3.05) is 0 Å². The SMILES string of the molecule is CCC1C(n2c3ccccc3c3cc(-c4ccc5c6ccccc6n(-c6ccc7c(c6)C(C)C(c6ccccc6)C(c6ccccc6)=N7)c5c4)ccc32)=NC(c2ccccc2)=CC1c1ccccc1. The molecule has 0 spiro atoms. The average Bonchev–Trinajstić information content (AvgIpc) is 3.93. The molecule has 4 heteroatoms. The molecule has 4 heterocycles. The van der Waals surface area contributed by atoms with E-state index in [0.29, 0.717) is 0 Å². The van der Waals surface area contributed by atoms with Crippen molar-refractivity contribution in [3.63, 3.8) is 0 Å². The van der Waals surface area contributed by atoms with Gasteiger partial charge in [0, 0.05) is 45.0 Å². The maximum atomic E-state index is 5.60. The van der Waals surface area contributed by atoms with E-state index in [4.69, 9.17) is 9.98 Å². The zero-order valence-electron chi connectivity index (χ0n) is 38.7. The van der Waals surface area contributed by atoms with Crippen LogP contribution in [0.15, 0.2) is 241 Å². The summed E-state index contributed by atoms with van der Waals surface area (Å²) in [5.41, 5.74) is 17.6. The van der Waals surface area contributed by atoms with Gasteiger partial charge in [-0.25, -0.2) is 4.99 Å². The lowest BCUT2D eigenvalue weighted by Gasteiger charge is -2.32. The van der Waals surface area contributed by atoms with Gasteiger partial charge in [0.2, 0.25) is 0 Å². The van der Waals surface area contributed by atoms with Gasteiger partial charge >= 0.3 is 0 Å². The molecule has 13 rings (SSSR count). The highest BCUT2D eigenvalue weighted by Crippen LogP contribution is 2.47. The van der Waals surface area contributed by atoms with E-state index in [1.165, 1.54) is 77.0 Å². The van der Waals surface area contributed by atoms with Crippen LogP contribution in [0, 0.1) is 5.92 Å². The number of aliphatic imine (C=N–C) groups is 2. The van der Waals surface area contributed by atoms with Gasteiger partial charge < -0.3 is 4.57 Å². The fourth-order valence-corrected chi connectivity index (χ4v) is 11.7. The Morgan fingerprint density at radius 1 is 0.435 bits per heavy atom. The normalized spacial score (nSPS) is 18.0. The number of hydrogen-bond donors (Lipinski definition) is 0. The summed E-state index contributed by atoms with van der Waals surface area (Å²) < 4.78 is 4.93. The molecule has 0 bridgehead atoms. The van der Waals surface area contributed by atoms with E-state index in [1.807, 2.05) is 0 Å². The van der Waals surface area contributed by atoms with Gasteiger partial charge in [0.25, 0.3) is 0 Å². The summed E-state index contributed by atoms with van der Waals surface area (Å²) in [5.74, 6) is 1.76. The molecule has 2 aromatic heterocycles. The van der Waals surface area contributed by atoms with Crippen LogP contribution in [-0.4, -0.2) is 20.7 Å². The van der Waals surface area contributed by atoms with Crippen molar-refractivity contribution in [2.24, 2.45) is 15.9 Å². The van der Waals surface area contributed by atoms with Crippen LogP contribution in [0.1, 0.15) is 65.8 Å². The van der Waals surface area contributed by atoms with E-state index in [9.17, 15) is 0 Å². The van der Waals surface area contributed by atoms with Gasteiger partial charge in [-0.3, -0.25) is 9.56 Å². The lowest BCUT2D eigenvalue weighted by atomic mass is 9.75. The summed E-state index contributed by atoms with van der Waals surface area (Å²) in [5, 5.41) is 4.93. The Morgan fingerprint density at radius 3 is 1.71 bits per heavy atom. The number of benzene rings is 9. The number of rotatable bonds is 7. The number of fused-ring (bicyclic) bond motifs is 7. The largest absolute Gasteiger partial charge is 0.309 e. The van der Waals surface area contributed by atoms with Gasteiger partial charge in [-0.1, -0.05) is 190 Å². The Kier molecular flexibility index (Phi) is 9.94. The van der Waals surface area contributed by atoms with Crippen molar-refractivity contribution in [3.05, 3.63) is 258 Å². The first-order valence-corrected chi connectivity index (χ1v) is 24.4. The molecule has 9 aromatic carbocycles. The molecule has 4 unspecified atom stereocenters.